The minimum atomic E-state index is -0.259. The van der Waals surface area contributed by atoms with Crippen molar-refractivity contribution in [2.24, 2.45) is 0 Å². The second kappa shape index (κ2) is 4.00. The van der Waals surface area contributed by atoms with Crippen molar-refractivity contribution in [1.82, 2.24) is 9.97 Å². The average Bonchev–Trinajstić information content (AvgIpc) is 2.85. The largest absolute Gasteiger partial charge is 0.376 e. The van der Waals surface area contributed by atoms with Gasteiger partial charge in [-0.1, -0.05) is 0 Å². The second-order valence-corrected chi connectivity index (χ2v) is 4.36. The number of fused-ring (bicyclic) bond motifs is 1. The van der Waals surface area contributed by atoms with Gasteiger partial charge in [-0.25, -0.2) is 9.37 Å². The Bertz CT molecular complexity index is 540. The lowest BCUT2D eigenvalue weighted by Gasteiger charge is -2.14. The maximum absolute atomic E-state index is 13.0. The Morgan fingerprint density at radius 1 is 1.53 bits per heavy atom. The lowest BCUT2D eigenvalue weighted by atomic mass is 10.2. The van der Waals surface area contributed by atoms with Gasteiger partial charge in [-0.15, -0.1) is 0 Å². The van der Waals surface area contributed by atoms with Crippen LogP contribution in [-0.2, 0) is 4.74 Å². The van der Waals surface area contributed by atoms with Crippen molar-refractivity contribution in [3.63, 3.8) is 0 Å². The molecule has 0 aliphatic carbocycles. The minimum Gasteiger partial charge on any atom is -0.376 e. The van der Waals surface area contributed by atoms with E-state index in [1.54, 1.807) is 6.07 Å². The Labute approximate surface area is 98.2 Å². The molecule has 1 aromatic carbocycles. The number of halogens is 1. The molecule has 0 bridgehead atoms. The smallest absolute Gasteiger partial charge is 0.201 e. The summed E-state index contributed by atoms with van der Waals surface area (Å²) < 4.78 is 18.5. The zero-order chi connectivity index (χ0) is 11.8. The van der Waals surface area contributed by atoms with Gasteiger partial charge in [0.25, 0.3) is 0 Å². The van der Waals surface area contributed by atoms with E-state index < -0.39 is 0 Å². The van der Waals surface area contributed by atoms with Crippen LogP contribution in [0.4, 0.5) is 10.3 Å². The maximum Gasteiger partial charge on any atom is 0.201 e. The number of aromatic nitrogens is 2. The van der Waals surface area contributed by atoms with Crippen LogP contribution in [0.1, 0.15) is 13.3 Å². The van der Waals surface area contributed by atoms with E-state index in [4.69, 9.17) is 4.74 Å². The molecule has 2 atom stereocenters. The first-order chi connectivity index (χ1) is 8.22. The van der Waals surface area contributed by atoms with E-state index in [1.165, 1.54) is 12.1 Å². The molecule has 2 heterocycles. The first kappa shape index (κ1) is 10.5. The molecule has 2 N–H and O–H groups in total. The van der Waals surface area contributed by atoms with Gasteiger partial charge < -0.3 is 15.0 Å². The van der Waals surface area contributed by atoms with Gasteiger partial charge in [0.1, 0.15) is 5.82 Å². The number of rotatable bonds is 2. The van der Waals surface area contributed by atoms with Gasteiger partial charge in [0, 0.05) is 6.61 Å². The molecular formula is C12H14FN3O. The summed E-state index contributed by atoms with van der Waals surface area (Å²) in [7, 11) is 0. The molecule has 1 saturated heterocycles. The van der Waals surface area contributed by atoms with Crippen LogP contribution in [0.15, 0.2) is 18.2 Å². The van der Waals surface area contributed by atoms with Crippen LogP contribution in [0.3, 0.4) is 0 Å². The molecule has 4 nitrogen and oxygen atoms in total. The van der Waals surface area contributed by atoms with Crippen molar-refractivity contribution in [3.05, 3.63) is 24.0 Å². The summed E-state index contributed by atoms with van der Waals surface area (Å²) in [6, 6.07) is 4.79. The van der Waals surface area contributed by atoms with Gasteiger partial charge in [-0.2, -0.15) is 0 Å². The molecule has 90 valence electrons. The molecule has 17 heavy (non-hydrogen) atoms. The predicted octanol–water partition coefficient (Wildman–Crippen LogP) is 2.29. The number of nitrogens with one attached hydrogen (secondary N) is 2. The van der Waals surface area contributed by atoms with Crippen molar-refractivity contribution in [2.75, 3.05) is 11.9 Å². The normalized spacial score (nSPS) is 24.4. The molecule has 2 aromatic rings. The summed E-state index contributed by atoms with van der Waals surface area (Å²) in [5, 5.41) is 3.29. The molecule has 0 radical (unpaired) electrons. The average molecular weight is 235 g/mol. The van der Waals surface area contributed by atoms with Gasteiger partial charge in [-0.05, 0) is 31.5 Å². The van der Waals surface area contributed by atoms with Crippen molar-refractivity contribution >= 4 is 17.0 Å². The van der Waals surface area contributed by atoms with Crippen LogP contribution < -0.4 is 5.32 Å². The highest BCUT2D eigenvalue weighted by Gasteiger charge is 2.24. The van der Waals surface area contributed by atoms with Gasteiger partial charge in [-0.3, -0.25) is 0 Å². The van der Waals surface area contributed by atoms with Crippen LogP contribution in [0.5, 0.6) is 0 Å². The summed E-state index contributed by atoms with van der Waals surface area (Å²) in [6.07, 6.45) is 1.15. The molecule has 1 fully saturated rings. The SMILES string of the molecule is CC1OCCC1Nc1nc2ccc(F)cc2[nH]1. The summed E-state index contributed by atoms with van der Waals surface area (Å²) in [6.45, 7) is 2.81. The monoisotopic (exact) mass is 235 g/mol. The molecule has 1 aromatic heterocycles. The Kier molecular flexibility index (Phi) is 2.48. The molecule has 2 unspecified atom stereocenters. The Hall–Kier alpha value is -1.62. The topological polar surface area (TPSA) is 49.9 Å². The second-order valence-electron chi connectivity index (χ2n) is 4.36. The Morgan fingerprint density at radius 2 is 2.41 bits per heavy atom. The number of hydrogen-bond donors (Lipinski definition) is 2. The fourth-order valence-electron chi connectivity index (χ4n) is 2.15. The highest BCUT2D eigenvalue weighted by atomic mass is 19.1. The maximum atomic E-state index is 13.0. The standard InChI is InChI=1S/C12H14FN3O/c1-7-9(4-5-17-7)14-12-15-10-3-2-8(13)6-11(10)16-12/h2-3,6-7,9H,4-5H2,1H3,(H2,14,15,16). The van der Waals surface area contributed by atoms with Gasteiger partial charge >= 0.3 is 0 Å². The van der Waals surface area contributed by atoms with Gasteiger partial charge in [0.05, 0.1) is 23.2 Å². The lowest BCUT2D eigenvalue weighted by Crippen LogP contribution is -2.27. The Balaban J connectivity index is 1.85. The zero-order valence-electron chi connectivity index (χ0n) is 9.53. The fourth-order valence-corrected chi connectivity index (χ4v) is 2.15. The summed E-state index contributed by atoms with van der Waals surface area (Å²) in [5.41, 5.74) is 1.47. The molecule has 1 aliphatic rings. The first-order valence-corrected chi connectivity index (χ1v) is 5.76. The van der Waals surface area contributed by atoms with Crippen LogP contribution in [0.25, 0.3) is 11.0 Å². The van der Waals surface area contributed by atoms with E-state index in [9.17, 15) is 4.39 Å². The molecule has 0 spiro atoms. The minimum absolute atomic E-state index is 0.181. The highest BCUT2D eigenvalue weighted by Crippen LogP contribution is 2.20. The third-order valence-corrected chi connectivity index (χ3v) is 3.14. The fraction of sp³-hybridized carbons (Fsp3) is 0.417. The zero-order valence-corrected chi connectivity index (χ0v) is 9.53. The van der Waals surface area contributed by atoms with E-state index in [-0.39, 0.29) is 18.0 Å². The number of anilines is 1. The number of ether oxygens (including phenoxy) is 1. The summed E-state index contributed by atoms with van der Waals surface area (Å²) >= 11 is 0. The van der Waals surface area contributed by atoms with Crippen molar-refractivity contribution in [2.45, 2.75) is 25.5 Å². The van der Waals surface area contributed by atoms with E-state index in [0.717, 1.165) is 18.5 Å². The van der Waals surface area contributed by atoms with E-state index in [2.05, 4.69) is 15.3 Å². The molecule has 1 aliphatic heterocycles. The first-order valence-electron chi connectivity index (χ1n) is 5.76. The number of aromatic amines is 1. The quantitative estimate of drug-likeness (QED) is 0.839. The molecule has 5 heteroatoms. The van der Waals surface area contributed by atoms with Gasteiger partial charge in [0.2, 0.25) is 5.95 Å². The molecule has 0 amide bonds. The van der Waals surface area contributed by atoms with Crippen LogP contribution in [-0.4, -0.2) is 28.7 Å². The van der Waals surface area contributed by atoms with Crippen molar-refractivity contribution < 1.29 is 9.13 Å². The number of benzene rings is 1. The predicted molar refractivity (Wildman–Crippen MR) is 63.5 cm³/mol. The van der Waals surface area contributed by atoms with Crippen LogP contribution in [0.2, 0.25) is 0 Å². The van der Waals surface area contributed by atoms with Crippen LogP contribution in [0, 0.1) is 5.82 Å². The van der Waals surface area contributed by atoms with Crippen molar-refractivity contribution in [3.8, 4) is 0 Å². The number of nitrogens with zero attached hydrogens (tertiary/aromatic N) is 1. The van der Waals surface area contributed by atoms with E-state index >= 15 is 0 Å². The van der Waals surface area contributed by atoms with Gasteiger partial charge in [0.15, 0.2) is 0 Å². The molecule has 3 rings (SSSR count). The summed E-state index contributed by atoms with van der Waals surface area (Å²) in [5.74, 6) is 0.415. The van der Waals surface area contributed by atoms with E-state index in [0.29, 0.717) is 11.5 Å². The number of hydrogen-bond acceptors (Lipinski definition) is 3. The third kappa shape index (κ3) is 1.98. The molecular weight excluding hydrogens is 221 g/mol. The van der Waals surface area contributed by atoms with Crippen LogP contribution >= 0.6 is 0 Å². The lowest BCUT2D eigenvalue weighted by molar-refractivity contribution is 0.121. The number of imidazole rings is 1. The summed E-state index contributed by atoms with van der Waals surface area (Å²) in [4.78, 5) is 7.43. The number of H-pyrrole nitrogens is 1. The Morgan fingerprint density at radius 3 is 3.18 bits per heavy atom. The third-order valence-electron chi connectivity index (χ3n) is 3.14. The van der Waals surface area contributed by atoms with E-state index in [1.807, 2.05) is 6.92 Å². The molecule has 0 saturated carbocycles. The van der Waals surface area contributed by atoms with Crippen molar-refractivity contribution in [1.29, 1.82) is 0 Å². The highest BCUT2D eigenvalue weighted by molar-refractivity contribution is 5.77.